The molecule has 166 valence electrons. The van der Waals surface area contributed by atoms with Crippen molar-refractivity contribution in [1.82, 2.24) is 10.2 Å². The number of nitrogens with zero attached hydrogens (tertiary/aromatic N) is 1. The van der Waals surface area contributed by atoms with Gasteiger partial charge in [-0.1, -0.05) is 85.7 Å². The van der Waals surface area contributed by atoms with Crippen LogP contribution in [0.3, 0.4) is 0 Å². The Morgan fingerprint density at radius 3 is 2.34 bits per heavy atom. The molecule has 0 radical (unpaired) electrons. The van der Waals surface area contributed by atoms with Crippen molar-refractivity contribution in [3.05, 3.63) is 83.9 Å². The predicted molar refractivity (Wildman–Crippen MR) is 137 cm³/mol. The van der Waals surface area contributed by atoms with Crippen molar-refractivity contribution in [3.8, 4) is 0 Å². The number of hydrogen-bond acceptors (Lipinski definition) is 2. The highest BCUT2D eigenvalue weighted by Gasteiger charge is 2.43. The van der Waals surface area contributed by atoms with Gasteiger partial charge in [0.25, 0.3) is 5.91 Å². The summed E-state index contributed by atoms with van der Waals surface area (Å²) < 4.78 is 0. The fraction of sp³-hybridized carbons (Fsp3) is 0.357. The van der Waals surface area contributed by atoms with E-state index >= 15 is 0 Å². The highest BCUT2D eigenvalue weighted by atomic mass is 32.1. The summed E-state index contributed by atoms with van der Waals surface area (Å²) in [6, 6.07) is 24.4. The summed E-state index contributed by atoms with van der Waals surface area (Å²) in [4.78, 5) is 16.2. The zero-order valence-corrected chi connectivity index (χ0v) is 20.0. The van der Waals surface area contributed by atoms with Gasteiger partial charge >= 0.3 is 0 Å². The molecule has 0 saturated heterocycles. The first-order chi connectivity index (χ1) is 15.4. The second kappa shape index (κ2) is 9.41. The van der Waals surface area contributed by atoms with Crippen LogP contribution in [0.4, 0.5) is 0 Å². The van der Waals surface area contributed by atoms with Gasteiger partial charge in [0, 0.05) is 12.6 Å². The molecule has 1 N–H and O–H groups in total. The summed E-state index contributed by atoms with van der Waals surface area (Å²) in [5.74, 6) is 0.276. The van der Waals surface area contributed by atoms with Gasteiger partial charge in [0.2, 0.25) is 0 Å². The fourth-order valence-electron chi connectivity index (χ4n) is 5.10. The zero-order chi connectivity index (χ0) is 22.7. The molecule has 0 aliphatic heterocycles. The molecule has 3 aromatic carbocycles. The monoisotopic (exact) mass is 444 g/mol. The van der Waals surface area contributed by atoms with E-state index in [1.165, 1.54) is 29.2 Å². The van der Waals surface area contributed by atoms with Gasteiger partial charge in [-0.05, 0) is 61.1 Å². The average molecular weight is 445 g/mol. The van der Waals surface area contributed by atoms with Crippen molar-refractivity contribution in [2.24, 2.45) is 5.92 Å². The second-order valence-electron chi connectivity index (χ2n) is 9.16. The SMILES string of the molecule is C[C@H](c1cccc2ccccc12)N(C)C(=S)[C@](C)(NC(=O)c1ccccc1)C1CCCC1. The van der Waals surface area contributed by atoms with E-state index in [0.717, 1.165) is 17.8 Å². The fourth-order valence-corrected chi connectivity index (χ4v) is 5.47. The van der Waals surface area contributed by atoms with E-state index in [-0.39, 0.29) is 11.9 Å². The maximum Gasteiger partial charge on any atom is 0.252 e. The summed E-state index contributed by atoms with van der Waals surface area (Å²) in [7, 11) is 2.07. The van der Waals surface area contributed by atoms with Gasteiger partial charge in [-0.2, -0.15) is 0 Å². The Kier molecular flexibility index (Phi) is 6.61. The Hall–Kier alpha value is -2.72. The van der Waals surface area contributed by atoms with Gasteiger partial charge in [0.05, 0.1) is 11.6 Å². The van der Waals surface area contributed by atoms with E-state index in [1.54, 1.807) is 0 Å². The average Bonchev–Trinajstić information content (AvgIpc) is 3.38. The Labute approximate surface area is 196 Å². The van der Waals surface area contributed by atoms with Crippen LogP contribution < -0.4 is 5.32 Å². The normalized spacial score (nSPS) is 17.0. The minimum atomic E-state index is -0.577. The highest BCUT2D eigenvalue weighted by Crippen LogP contribution is 2.38. The van der Waals surface area contributed by atoms with Crippen LogP contribution in [0.5, 0.6) is 0 Å². The quantitative estimate of drug-likeness (QED) is 0.438. The first kappa shape index (κ1) is 22.5. The number of carbonyl (C=O) groups excluding carboxylic acids is 1. The topological polar surface area (TPSA) is 32.3 Å². The molecule has 0 aromatic heterocycles. The molecule has 1 aliphatic rings. The van der Waals surface area contributed by atoms with Gasteiger partial charge in [-0.25, -0.2) is 0 Å². The molecule has 3 nitrogen and oxygen atoms in total. The Morgan fingerprint density at radius 2 is 1.62 bits per heavy atom. The molecule has 4 heteroatoms. The molecule has 32 heavy (non-hydrogen) atoms. The maximum absolute atomic E-state index is 13.2. The third-order valence-electron chi connectivity index (χ3n) is 7.20. The summed E-state index contributed by atoms with van der Waals surface area (Å²) >= 11 is 6.13. The first-order valence-corrected chi connectivity index (χ1v) is 11.9. The van der Waals surface area contributed by atoms with Crippen molar-refractivity contribution in [2.45, 2.75) is 51.1 Å². The van der Waals surface area contributed by atoms with Crippen molar-refractivity contribution in [2.75, 3.05) is 7.05 Å². The minimum absolute atomic E-state index is 0.0615. The lowest BCUT2D eigenvalue weighted by molar-refractivity contribution is 0.0901. The number of hydrogen-bond donors (Lipinski definition) is 1. The Balaban J connectivity index is 1.64. The van der Waals surface area contributed by atoms with Crippen LogP contribution in [-0.4, -0.2) is 28.4 Å². The van der Waals surface area contributed by atoms with E-state index in [2.05, 4.69) is 73.6 Å². The molecule has 1 aliphatic carbocycles. The lowest BCUT2D eigenvalue weighted by Crippen LogP contribution is -2.60. The number of fused-ring (bicyclic) bond motifs is 1. The second-order valence-corrected chi connectivity index (χ2v) is 9.55. The molecule has 0 unspecified atom stereocenters. The van der Waals surface area contributed by atoms with Crippen LogP contribution in [0.25, 0.3) is 10.8 Å². The molecule has 2 atom stereocenters. The molecule has 4 rings (SSSR count). The first-order valence-electron chi connectivity index (χ1n) is 11.5. The van der Waals surface area contributed by atoms with E-state index in [4.69, 9.17) is 12.2 Å². The molecule has 0 bridgehead atoms. The number of nitrogens with one attached hydrogen (secondary N) is 1. The maximum atomic E-state index is 13.2. The van der Waals surface area contributed by atoms with Crippen LogP contribution in [0.1, 0.15) is 61.5 Å². The molecule has 0 heterocycles. The molecule has 1 saturated carbocycles. The summed E-state index contributed by atoms with van der Waals surface area (Å²) in [6.45, 7) is 4.32. The number of likely N-dealkylation sites (N-methyl/N-ethyl adjacent to an activating group) is 1. The number of carbonyl (C=O) groups is 1. The summed E-state index contributed by atoms with van der Waals surface area (Å²) in [6.07, 6.45) is 4.55. The third-order valence-corrected chi connectivity index (χ3v) is 7.91. The van der Waals surface area contributed by atoms with Gasteiger partial charge in [0.1, 0.15) is 4.99 Å². The van der Waals surface area contributed by atoms with Crippen LogP contribution in [0.2, 0.25) is 0 Å². The lowest BCUT2D eigenvalue weighted by atomic mass is 9.82. The van der Waals surface area contributed by atoms with Crippen LogP contribution in [-0.2, 0) is 0 Å². The van der Waals surface area contributed by atoms with Crippen LogP contribution in [0, 0.1) is 5.92 Å². The number of thiocarbonyl (C=S) groups is 1. The lowest BCUT2D eigenvalue weighted by Gasteiger charge is -2.43. The van der Waals surface area contributed by atoms with E-state index < -0.39 is 5.54 Å². The van der Waals surface area contributed by atoms with Crippen molar-refractivity contribution in [1.29, 1.82) is 0 Å². The van der Waals surface area contributed by atoms with Gasteiger partial charge in [0.15, 0.2) is 0 Å². The number of benzene rings is 3. The smallest absolute Gasteiger partial charge is 0.252 e. The molecule has 1 fully saturated rings. The third kappa shape index (κ3) is 4.29. The summed E-state index contributed by atoms with van der Waals surface area (Å²) in [5, 5.41) is 5.83. The van der Waals surface area contributed by atoms with Crippen LogP contribution >= 0.6 is 12.2 Å². The minimum Gasteiger partial charge on any atom is -0.360 e. The zero-order valence-electron chi connectivity index (χ0n) is 19.2. The molecule has 1 amide bonds. The Bertz CT molecular complexity index is 1100. The van der Waals surface area contributed by atoms with E-state index in [1.807, 2.05) is 30.3 Å². The van der Waals surface area contributed by atoms with Gasteiger partial charge < -0.3 is 10.2 Å². The molecule has 3 aromatic rings. The van der Waals surface area contributed by atoms with Crippen LogP contribution in [0.15, 0.2) is 72.8 Å². The predicted octanol–water partition coefficient (Wildman–Crippen LogP) is 6.54. The van der Waals surface area contributed by atoms with Gasteiger partial charge in [-0.15, -0.1) is 0 Å². The van der Waals surface area contributed by atoms with Crippen molar-refractivity contribution in [3.63, 3.8) is 0 Å². The van der Waals surface area contributed by atoms with Gasteiger partial charge in [-0.3, -0.25) is 4.79 Å². The van der Waals surface area contributed by atoms with E-state index in [9.17, 15) is 4.79 Å². The Morgan fingerprint density at radius 1 is 1.00 bits per heavy atom. The van der Waals surface area contributed by atoms with Crippen molar-refractivity contribution >= 4 is 33.9 Å². The number of amides is 1. The molecular weight excluding hydrogens is 412 g/mol. The standard InChI is InChI=1S/C28H32N2OS/c1-20(24-19-11-15-21-12-7-10-18-25(21)24)30(3)27(32)28(2,23-16-8-9-17-23)29-26(31)22-13-5-4-6-14-22/h4-7,10-15,18-20,23H,8-9,16-17H2,1-3H3,(H,29,31)/t20-,28-/m1/s1. The molecule has 0 spiro atoms. The summed E-state index contributed by atoms with van der Waals surface area (Å²) in [5.41, 5.74) is 1.34. The molecular formula is C28H32N2OS. The van der Waals surface area contributed by atoms with E-state index in [0.29, 0.717) is 11.5 Å². The number of rotatable bonds is 6. The highest BCUT2D eigenvalue weighted by molar-refractivity contribution is 7.80. The van der Waals surface area contributed by atoms with Crippen molar-refractivity contribution < 1.29 is 4.79 Å². The largest absolute Gasteiger partial charge is 0.360 e.